The molecule has 0 radical (unpaired) electrons. The molecule has 5 heteroatoms. The van der Waals surface area contributed by atoms with Gasteiger partial charge in [-0.15, -0.1) is 0 Å². The first kappa shape index (κ1) is 13.8. The van der Waals surface area contributed by atoms with Crippen LogP contribution >= 0.6 is 0 Å². The van der Waals surface area contributed by atoms with Gasteiger partial charge in [-0.05, 0) is 13.8 Å². The van der Waals surface area contributed by atoms with Crippen molar-refractivity contribution in [3.05, 3.63) is 12.2 Å². The second-order valence-electron chi connectivity index (χ2n) is 2.29. The molecule has 12 heavy (non-hydrogen) atoms. The van der Waals surface area contributed by atoms with Crippen molar-refractivity contribution >= 4 is 11.9 Å². The molecule has 0 heterocycles. The van der Waals surface area contributed by atoms with E-state index in [0.29, 0.717) is 0 Å². The molecular weight excluding hydrogens is 153 g/mol. The molecule has 0 bridgehead atoms. The van der Waals surface area contributed by atoms with Crippen LogP contribution in [0.15, 0.2) is 12.2 Å². The third-order valence-electron chi connectivity index (χ3n) is 1.09. The summed E-state index contributed by atoms with van der Waals surface area (Å²) in [4.78, 5) is 20.9. The van der Waals surface area contributed by atoms with Crippen LogP contribution in [0.4, 0.5) is 0 Å². The van der Waals surface area contributed by atoms with Crippen LogP contribution in [-0.2, 0) is 9.59 Å². The van der Waals surface area contributed by atoms with Gasteiger partial charge >= 0.3 is 18.9 Å². The van der Waals surface area contributed by atoms with Gasteiger partial charge in [0.2, 0.25) is 5.91 Å². The third-order valence-corrected chi connectivity index (χ3v) is 1.09. The summed E-state index contributed by atoms with van der Waals surface area (Å²) in [5.41, 5.74) is 0.276. The van der Waals surface area contributed by atoms with Gasteiger partial charge in [-0.3, -0.25) is 4.79 Å². The Hall–Kier alpha value is -0.723. The van der Waals surface area contributed by atoms with E-state index in [9.17, 15) is 14.7 Å². The topological polar surface area (TPSA) is 69.2 Å². The fraction of sp³-hybridized carbons (Fsp3) is 0.429. The van der Waals surface area contributed by atoms with Crippen molar-refractivity contribution in [3.63, 3.8) is 0 Å². The summed E-state index contributed by atoms with van der Waals surface area (Å²) in [7, 11) is 0. The van der Waals surface area contributed by atoms with Crippen LogP contribution in [0.1, 0.15) is 13.8 Å². The Morgan fingerprint density at radius 2 is 1.92 bits per heavy atom. The second-order valence-corrected chi connectivity index (χ2v) is 2.29. The van der Waals surface area contributed by atoms with Gasteiger partial charge in [0.1, 0.15) is 0 Å². The number of carboxylic acids is 1. The van der Waals surface area contributed by atoms with Gasteiger partial charge in [0.05, 0.1) is 12.0 Å². The molecule has 0 spiro atoms. The average molecular weight is 163 g/mol. The normalized spacial score (nSPS) is 10.8. The third kappa shape index (κ3) is 5.00. The van der Waals surface area contributed by atoms with E-state index in [1.807, 2.05) is 0 Å². The molecule has 0 fully saturated rings. The molecule has 0 aromatic rings. The summed E-state index contributed by atoms with van der Waals surface area (Å²) in [5.74, 6) is -1.78. The molecule has 0 aliphatic rings. The molecule has 0 aliphatic heterocycles. The van der Waals surface area contributed by atoms with Crippen LogP contribution in [-0.4, -0.2) is 17.9 Å². The first-order valence-corrected chi connectivity index (χ1v) is 3.12. The van der Waals surface area contributed by atoms with Crippen LogP contribution in [0.25, 0.3) is 0 Å². The first-order chi connectivity index (χ1) is 4.95. The minimum Gasteiger partial charge on any atom is -0.548 e. The molecule has 62 valence electrons. The monoisotopic (exact) mass is 163 g/mol. The number of hydrogen-bond donors (Lipinski definition) is 1. The summed E-state index contributed by atoms with van der Waals surface area (Å²) in [6.07, 6.45) is 0. The Morgan fingerprint density at radius 1 is 1.50 bits per heavy atom. The predicted octanol–water partition coefficient (Wildman–Crippen LogP) is -4.18. The molecule has 1 amide bonds. The number of hydrogen-bond acceptors (Lipinski definition) is 3. The molecule has 0 rings (SSSR count). The Kier molecular flexibility index (Phi) is 6.77. The maximum Gasteiger partial charge on any atom is 1.00 e. The standard InChI is InChI=1S/C7H11NO3.Li/c1-4(2)6(9)8-5(3)7(10)11;/h5H,1H2,2-3H3,(H,8,9)(H,10,11);/q;+1/p-1/t5-;/m0./s1. The zero-order valence-electron chi connectivity index (χ0n) is 7.51. The molecule has 0 aromatic heterocycles. The van der Waals surface area contributed by atoms with E-state index in [1.165, 1.54) is 13.8 Å². The van der Waals surface area contributed by atoms with E-state index in [1.54, 1.807) is 0 Å². The number of aliphatic carboxylic acids is 1. The van der Waals surface area contributed by atoms with Crippen molar-refractivity contribution in [2.24, 2.45) is 0 Å². The number of nitrogens with one attached hydrogen (secondary N) is 1. The van der Waals surface area contributed by atoms with E-state index in [-0.39, 0.29) is 24.4 Å². The molecule has 4 nitrogen and oxygen atoms in total. The molecule has 0 saturated heterocycles. The number of carboxylic acid groups (broad SMARTS) is 1. The molecule has 1 N–H and O–H groups in total. The van der Waals surface area contributed by atoms with E-state index in [4.69, 9.17) is 0 Å². The molecule has 0 saturated carbocycles. The maximum absolute atomic E-state index is 10.8. The van der Waals surface area contributed by atoms with Gasteiger partial charge in [0.25, 0.3) is 0 Å². The largest absolute Gasteiger partial charge is 1.00 e. The van der Waals surface area contributed by atoms with Crippen LogP contribution in [0, 0.1) is 0 Å². The van der Waals surface area contributed by atoms with Gasteiger partial charge in [-0.25, -0.2) is 0 Å². The summed E-state index contributed by atoms with van der Waals surface area (Å²) >= 11 is 0. The van der Waals surface area contributed by atoms with Crippen LogP contribution in [0.5, 0.6) is 0 Å². The zero-order valence-corrected chi connectivity index (χ0v) is 7.51. The number of amides is 1. The average Bonchev–Trinajstić information content (AvgIpc) is 1.87. The van der Waals surface area contributed by atoms with E-state index in [2.05, 4.69) is 11.9 Å². The molecule has 1 atom stereocenters. The summed E-state index contributed by atoms with van der Waals surface area (Å²) in [6, 6.07) is -0.973. The Balaban J connectivity index is 0. The van der Waals surface area contributed by atoms with Crippen molar-refractivity contribution in [1.29, 1.82) is 0 Å². The quantitative estimate of drug-likeness (QED) is 0.339. The molecule has 0 unspecified atom stereocenters. The van der Waals surface area contributed by atoms with Gasteiger partial charge in [-0.2, -0.15) is 0 Å². The predicted molar refractivity (Wildman–Crippen MR) is 37.4 cm³/mol. The van der Waals surface area contributed by atoms with Gasteiger partial charge in [-0.1, -0.05) is 6.58 Å². The minimum atomic E-state index is -1.31. The fourth-order valence-corrected chi connectivity index (χ4v) is 0.379. The van der Waals surface area contributed by atoms with Crippen LogP contribution < -0.4 is 29.3 Å². The van der Waals surface area contributed by atoms with Crippen LogP contribution in [0.2, 0.25) is 0 Å². The number of rotatable bonds is 3. The van der Waals surface area contributed by atoms with Crippen molar-refractivity contribution in [3.8, 4) is 0 Å². The number of carbonyl (C=O) groups excluding carboxylic acids is 2. The van der Waals surface area contributed by atoms with Gasteiger partial charge < -0.3 is 15.2 Å². The number of carbonyl (C=O) groups is 2. The summed E-state index contributed by atoms with van der Waals surface area (Å²) < 4.78 is 0. The Bertz CT molecular complexity index is 203. The minimum absolute atomic E-state index is 0. The molecular formula is C7H10LiNO3. The SMILES string of the molecule is C=C(C)C(=O)N[C@@H](C)C(=O)[O-].[Li+]. The zero-order chi connectivity index (χ0) is 9.02. The van der Waals surface area contributed by atoms with Crippen molar-refractivity contribution in [2.45, 2.75) is 19.9 Å². The van der Waals surface area contributed by atoms with E-state index < -0.39 is 17.9 Å². The summed E-state index contributed by atoms with van der Waals surface area (Å²) in [5, 5.41) is 12.3. The van der Waals surface area contributed by atoms with Crippen LogP contribution in [0.3, 0.4) is 0 Å². The van der Waals surface area contributed by atoms with Crippen molar-refractivity contribution in [2.75, 3.05) is 0 Å². The fourth-order valence-electron chi connectivity index (χ4n) is 0.379. The Morgan fingerprint density at radius 3 is 2.17 bits per heavy atom. The van der Waals surface area contributed by atoms with Gasteiger partial charge in [0.15, 0.2) is 0 Å². The molecule has 0 aromatic carbocycles. The second kappa shape index (κ2) is 5.87. The first-order valence-electron chi connectivity index (χ1n) is 3.12. The van der Waals surface area contributed by atoms with E-state index >= 15 is 0 Å². The smallest absolute Gasteiger partial charge is 0.548 e. The van der Waals surface area contributed by atoms with E-state index in [0.717, 1.165) is 0 Å². The van der Waals surface area contributed by atoms with Crippen molar-refractivity contribution in [1.82, 2.24) is 5.32 Å². The van der Waals surface area contributed by atoms with Crippen molar-refractivity contribution < 1.29 is 33.6 Å². The summed E-state index contributed by atoms with van der Waals surface area (Å²) in [6.45, 7) is 6.17. The molecule has 0 aliphatic carbocycles. The van der Waals surface area contributed by atoms with Gasteiger partial charge in [0, 0.05) is 5.57 Å². The Labute approximate surface area is 83.2 Å². The maximum atomic E-state index is 10.8.